The summed E-state index contributed by atoms with van der Waals surface area (Å²) in [7, 11) is 0. The maximum absolute atomic E-state index is 11.9. The van der Waals surface area contributed by atoms with Gasteiger partial charge >= 0.3 is 12.1 Å². The van der Waals surface area contributed by atoms with Gasteiger partial charge < -0.3 is 9.47 Å². The highest BCUT2D eigenvalue weighted by atomic mass is 32.1. The van der Waals surface area contributed by atoms with Crippen molar-refractivity contribution in [3.63, 3.8) is 0 Å². The van der Waals surface area contributed by atoms with Gasteiger partial charge in [0, 0.05) is 0 Å². The fourth-order valence-corrected chi connectivity index (χ4v) is 2.91. The number of hydrogen-bond acceptors (Lipinski definition) is 6. The number of thiazole rings is 1. The average molecular weight is 336 g/mol. The largest absolute Gasteiger partial charge is 0.462 e. The minimum absolute atomic E-state index is 0.318. The SMILES string of the molecule is CCOC(=O)c1ccc2sc(NC(=O)OC(C)(C)C)nc2c1C. The highest BCUT2D eigenvalue weighted by molar-refractivity contribution is 7.22. The number of nitrogens with zero attached hydrogens (tertiary/aromatic N) is 1. The average Bonchev–Trinajstić information content (AvgIpc) is 2.80. The highest BCUT2D eigenvalue weighted by Gasteiger charge is 2.19. The second-order valence-corrected chi connectivity index (χ2v) is 6.98. The molecule has 0 saturated carbocycles. The predicted molar refractivity (Wildman–Crippen MR) is 90.2 cm³/mol. The molecule has 0 aliphatic carbocycles. The summed E-state index contributed by atoms with van der Waals surface area (Å²) < 4.78 is 11.1. The standard InChI is InChI=1S/C16H20N2O4S/c1-6-21-13(19)10-7-8-11-12(9(10)2)17-14(23-11)18-15(20)22-16(3,4)5/h7-8H,6H2,1-5H3,(H,17,18,20). The molecular formula is C16H20N2O4S. The molecule has 0 radical (unpaired) electrons. The van der Waals surface area contributed by atoms with E-state index in [1.165, 1.54) is 11.3 Å². The quantitative estimate of drug-likeness (QED) is 0.853. The number of carbonyl (C=O) groups excluding carboxylic acids is 2. The van der Waals surface area contributed by atoms with E-state index in [4.69, 9.17) is 9.47 Å². The van der Waals surface area contributed by atoms with Gasteiger partial charge in [-0.15, -0.1) is 0 Å². The number of nitrogens with one attached hydrogen (secondary N) is 1. The molecule has 2 aromatic rings. The number of hydrogen-bond donors (Lipinski definition) is 1. The van der Waals surface area contributed by atoms with Gasteiger partial charge in [-0.3, -0.25) is 5.32 Å². The monoisotopic (exact) mass is 336 g/mol. The normalized spacial score (nSPS) is 11.3. The van der Waals surface area contributed by atoms with Crippen LogP contribution in [0.1, 0.15) is 43.6 Å². The van der Waals surface area contributed by atoms with Gasteiger partial charge in [0.05, 0.1) is 22.4 Å². The lowest BCUT2D eigenvalue weighted by Gasteiger charge is -2.18. The maximum Gasteiger partial charge on any atom is 0.413 e. The molecule has 0 aliphatic heterocycles. The molecular weight excluding hydrogens is 316 g/mol. The first-order chi connectivity index (χ1) is 10.7. The number of esters is 1. The van der Waals surface area contributed by atoms with Crippen LogP contribution in [0.2, 0.25) is 0 Å². The Bertz CT molecular complexity index is 746. The second-order valence-electron chi connectivity index (χ2n) is 5.95. The van der Waals surface area contributed by atoms with E-state index in [1.807, 2.05) is 6.92 Å². The van der Waals surface area contributed by atoms with E-state index in [0.29, 0.717) is 22.8 Å². The van der Waals surface area contributed by atoms with E-state index in [2.05, 4.69) is 10.3 Å². The lowest BCUT2D eigenvalue weighted by atomic mass is 10.1. The van der Waals surface area contributed by atoms with Gasteiger partial charge in [-0.1, -0.05) is 11.3 Å². The maximum atomic E-state index is 11.9. The Balaban J connectivity index is 2.27. The Morgan fingerprint density at radius 3 is 2.61 bits per heavy atom. The molecule has 0 fully saturated rings. The molecule has 0 unspecified atom stereocenters. The first kappa shape index (κ1) is 17.2. The molecule has 7 heteroatoms. The zero-order chi connectivity index (χ0) is 17.2. The van der Waals surface area contributed by atoms with Gasteiger partial charge in [0.25, 0.3) is 0 Å². The van der Waals surface area contributed by atoms with Crippen molar-refractivity contribution in [3.8, 4) is 0 Å². The minimum Gasteiger partial charge on any atom is -0.462 e. The molecule has 0 aliphatic rings. The number of ether oxygens (including phenoxy) is 2. The van der Waals surface area contributed by atoms with Crippen molar-refractivity contribution in [1.29, 1.82) is 0 Å². The minimum atomic E-state index is -0.576. The number of fused-ring (bicyclic) bond motifs is 1. The Hall–Kier alpha value is -2.15. The molecule has 1 N–H and O–H groups in total. The second kappa shape index (κ2) is 6.54. The first-order valence-corrected chi connectivity index (χ1v) is 8.10. The van der Waals surface area contributed by atoms with Crippen LogP contribution in [0.4, 0.5) is 9.93 Å². The van der Waals surface area contributed by atoms with Gasteiger partial charge in [-0.05, 0) is 52.3 Å². The van der Waals surface area contributed by atoms with Crippen LogP contribution in [-0.2, 0) is 9.47 Å². The van der Waals surface area contributed by atoms with E-state index < -0.39 is 11.7 Å². The Kier molecular flexibility index (Phi) is 4.89. The molecule has 0 atom stereocenters. The van der Waals surface area contributed by atoms with Gasteiger partial charge in [0.1, 0.15) is 5.60 Å². The fraction of sp³-hybridized carbons (Fsp3) is 0.438. The highest BCUT2D eigenvalue weighted by Crippen LogP contribution is 2.30. The van der Waals surface area contributed by atoms with E-state index >= 15 is 0 Å². The molecule has 1 amide bonds. The number of aryl methyl sites for hydroxylation is 1. The summed E-state index contributed by atoms with van der Waals surface area (Å²) >= 11 is 1.32. The van der Waals surface area contributed by atoms with Crippen LogP contribution in [-0.4, -0.2) is 29.3 Å². The Morgan fingerprint density at radius 1 is 1.30 bits per heavy atom. The van der Waals surface area contributed by atoms with E-state index in [9.17, 15) is 9.59 Å². The zero-order valence-electron chi connectivity index (χ0n) is 13.9. The van der Waals surface area contributed by atoms with Crippen molar-refractivity contribution in [2.45, 2.75) is 40.2 Å². The lowest BCUT2D eigenvalue weighted by Crippen LogP contribution is -2.27. The summed E-state index contributed by atoms with van der Waals surface area (Å²) in [4.78, 5) is 28.1. The van der Waals surface area contributed by atoms with Gasteiger partial charge in [0.2, 0.25) is 0 Å². The number of aromatic nitrogens is 1. The Morgan fingerprint density at radius 2 is 2.00 bits per heavy atom. The summed E-state index contributed by atoms with van der Waals surface area (Å²) in [5.41, 5.74) is 1.31. The first-order valence-electron chi connectivity index (χ1n) is 7.28. The molecule has 2 rings (SSSR count). The van der Waals surface area contributed by atoms with Gasteiger partial charge in [-0.2, -0.15) is 0 Å². The van der Waals surface area contributed by atoms with Crippen LogP contribution in [0.25, 0.3) is 10.2 Å². The third-order valence-electron chi connectivity index (χ3n) is 2.92. The molecule has 1 aromatic heterocycles. The van der Waals surface area contributed by atoms with Crippen molar-refractivity contribution in [3.05, 3.63) is 23.3 Å². The molecule has 1 heterocycles. The molecule has 0 bridgehead atoms. The number of amides is 1. The van der Waals surface area contributed by atoms with Crippen LogP contribution >= 0.6 is 11.3 Å². The summed E-state index contributed by atoms with van der Waals surface area (Å²) in [5.74, 6) is -0.374. The topological polar surface area (TPSA) is 77.5 Å². The summed E-state index contributed by atoms with van der Waals surface area (Å²) in [6, 6.07) is 3.51. The van der Waals surface area contributed by atoms with Crippen molar-refractivity contribution in [1.82, 2.24) is 4.98 Å². The van der Waals surface area contributed by atoms with Crippen LogP contribution in [0.15, 0.2) is 12.1 Å². The predicted octanol–water partition coefficient (Wildman–Crippen LogP) is 4.13. The van der Waals surface area contributed by atoms with Crippen molar-refractivity contribution in [2.75, 3.05) is 11.9 Å². The number of anilines is 1. The zero-order valence-corrected chi connectivity index (χ0v) is 14.7. The summed E-state index contributed by atoms with van der Waals surface area (Å²) in [6.07, 6.45) is -0.556. The van der Waals surface area contributed by atoms with Gasteiger partial charge in [-0.25, -0.2) is 14.6 Å². The van der Waals surface area contributed by atoms with E-state index in [0.717, 1.165) is 10.3 Å². The van der Waals surface area contributed by atoms with Crippen LogP contribution in [0, 0.1) is 6.92 Å². The van der Waals surface area contributed by atoms with Gasteiger partial charge in [0.15, 0.2) is 5.13 Å². The molecule has 0 saturated heterocycles. The fourth-order valence-electron chi connectivity index (χ4n) is 2.00. The molecule has 124 valence electrons. The molecule has 23 heavy (non-hydrogen) atoms. The van der Waals surface area contributed by atoms with Crippen molar-refractivity contribution >= 4 is 38.7 Å². The number of rotatable bonds is 3. The number of benzene rings is 1. The Labute approximate surface area is 138 Å². The van der Waals surface area contributed by atoms with Crippen LogP contribution < -0.4 is 5.32 Å². The summed E-state index contributed by atoms with van der Waals surface area (Å²) in [5, 5.41) is 3.05. The molecule has 6 nitrogen and oxygen atoms in total. The molecule has 1 aromatic carbocycles. The van der Waals surface area contributed by atoms with Crippen molar-refractivity contribution in [2.24, 2.45) is 0 Å². The molecule has 0 spiro atoms. The third-order valence-corrected chi connectivity index (χ3v) is 3.85. The smallest absolute Gasteiger partial charge is 0.413 e. The number of carbonyl (C=O) groups is 2. The lowest BCUT2D eigenvalue weighted by molar-refractivity contribution is 0.0524. The third kappa shape index (κ3) is 4.19. The van der Waals surface area contributed by atoms with Crippen molar-refractivity contribution < 1.29 is 19.1 Å². The van der Waals surface area contributed by atoms with Crippen LogP contribution in [0.5, 0.6) is 0 Å². The van der Waals surface area contributed by atoms with Crippen LogP contribution in [0.3, 0.4) is 0 Å². The van der Waals surface area contributed by atoms with E-state index in [-0.39, 0.29) is 5.97 Å². The van der Waals surface area contributed by atoms with E-state index in [1.54, 1.807) is 39.8 Å². The summed E-state index contributed by atoms with van der Waals surface area (Å²) in [6.45, 7) is 9.27.